The molecule has 0 radical (unpaired) electrons. The van der Waals surface area contributed by atoms with Crippen LogP contribution in [0.5, 0.6) is 0 Å². The Balaban J connectivity index is 5.77. The van der Waals surface area contributed by atoms with E-state index in [9.17, 15) is 9.59 Å². The van der Waals surface area contributed by atoms with E-state index >= 15 is 0 Å². The van der Waals surface area contributed by atoms with E-state index in [0.29, 0.717) is 4.44 Å². The van der Waals surface area contributed by atoms with Gasteiger partial charge >= 0.3 is 165 Å². The van der Waals surface area contributed by atoms with Gasteiger partial charge in [-0.15, -0.1) is 0 Å². The van der Waals surface area contributed by atoms with Crippen molar-refractivity contribution in [2.24, 2.45) is 6.43 Å². The maximum absolute atomic E-state index is 11.1. The monoisotopic (exact) mass is 568 g/mol. The third kappa shape index (κ3) is 10.3. The minimum atomic E-state index is -3.99. The van der Waals surface area contributed by atoms with Crippen LogP contribution in [0.4, 0.5) is 0 Å². The van der Waals surface area contributed by atoms with E-state index in [4.69, 9.17) is 1.41 Å². The van der Waals surface area contributed by atoms with Gasteiger partial charge in [-0.3, -0.25) is 0 Å². The number of hydrogen-bond donors (Lipinski definition) is 0. The van der Waals surface area contributed by atoms with Crippen LogP contribution in [0.15, 0.2) is 6.43 Å². The van der Waals surface area contributed by atoms with Gasteiger partial charge in [-0.25, -0.2) is 0 Å². The Morgan fingerprint density at radius 1 is 0.680 bits per heavy atom. The molecule has 25 heavy (non-hydrogen) atoms. The Labute approximate surface area is 163 Å². The molecule has 5 nitrogen and oxygen atoms in total. The standard InChI is InChI=1S/4C4H9.2CNO.O.2Sn/c4*1-3-4-2;2*2-1-3;;;/h4*1,3-4H2,2H3;;;;;/q;;;;2*-1;;;+2. The van der Waals surface area contributed by atoms with Crippen LogP contribution < -0.4 is 0 Å². The molecule has 0 unspecified atom stereocenters. The average molecular weight is 566 g/mol. The normalized spacial score (nSPS) is 13.6. The summed E-state index contributed by atoms with van der Waals surface area (Å²) in [6.07, 6.45) is 12.2. The molecule has 0 aromatic carbocycles. The van der Waals surface area contributed by atoms with Gasteiger partial charge in [0.25, 0.3) is 0 Å². The molecule has 144 valence electrons. The summed E-state index contributed by atoms with van der Waals surface area (Å²) >= 11 is -6.96. The third-order valence-corrected chi connectivity index (χ3v) is 37.6. The van der Waals surface area contributed by atoms with Crippen molar-refractivity contribution in [3.63, 3.8) is 0 Å². The van der Waals surface area contributed by atoms with E-state index in [1.165, 1.54) is 0 Å². The molecule has 7 heteroatoms. The number of hydrogen-bond acceptors (Lipinski definition) is 5. The third-order valence-electron chi connectivity index (χ3n) is 4.63. The zero-order valence-electron chi connectivity index (χ0n) is 16.6. The van der Waals surface area contributed by atoms with Crippen LogP contribution in [0.1, 0.15) is 79.1 Å². The molecule has 0 rings (SSSR count). The van der Waals surface area contributed by atoms with Crippen LogP contribution in [0.3, 0.4) is 0 Å². The van der Waals surface area contributed by atoms with E-state index in [-0.39, 0.29) is 0 Å². The molecule has 0 saturated carbocycles. The number of unbranched alkanes of at least 4 members (excludes halogenated alkanes) is 4. The van der Waals surface area contributed by atoms with Crippen molar-refractivity contribution in [2.75, 3.05) is 0 Å². The fourth-order valence-corrected chi connectivity index (χ4v) is 44.0. The number of rotatable bonds is 16. The summed E-state index contributed by atoms with van der Waals surface area (Å²) in [5.74, 6) is 0. The molecule has 0 aromatic heterocycles. The Hall–Kier alpha value is 0.317. The summed E-state index contributed by atoms with van der Waals surface area (Å²) in [7, 11) is 0. The van der Waals surface area contributed by atoms with E-state index in [0.717, 1.165) is 64.7 Å². The first-order chi connectivity index (χ1) is 12.1. The molecule has 0 aliphatic heterocycles. The molecule has 0 aliphatic rings. The summed E-state index contributed by atoms with van der Waals surface area (Å²) in [5.41, 5.74) is 0. The molecule has 0 fully saturated rings. The first-order valence-corrected chi connectivity index (χ1v) is 22.9. The minimum absolute atomic E-state index is 0.665. The Morgan fingerprint density at radius 2 is 1.04 bits per heavy atom. The molecule has 0 heterocycles. The maximum atomic E-state index is 11.1. The van der Waals surface area contributed by atoms with Crippen molar-refractivity contribution < 1.29 is 11.0 Å². The van der Waals surface area contributed by atoms with Gasteiger partial charge in [0, 0.05) is 0 Å². The fraction of sp³-hybridized carbons (Fsp3) is 0.889. The first-order valence-electron chi connectivity index (χ1n) is 9.95. The van der Waals surface area contributed by atoms with Crippen molar-refractivity contribution in [3.05, 3.63) is 0 Å². The van der Waals surface area contributed by atoms with Crippen molar-refractivity contribution in [2.45, 2.75) is 96.8 Å². The molecule has 0 bridgehead atoms. The topological polar surface area (TPSA) is 68.1 Å². The Bertz CT molecular complexity index is 408. The van der Waals surface area contributed by atoms with Crippen LogP contribution in [0, 0.1) is 0 Å². The Morgan fingerprint density at radius 3 is 1.36 bits per heavy atom. The number of nitrogens with zero attached hydrogens (tertiary/aromatic N) is 2. The summed E-state index contributed by atoms with van der Waals surface area (Å²) in [5, 5.41) is 0. The second-order valence-corrected chi connectivity index (χ2v) is 29.3. The predicted molar refractivity (Wildman–Crippen MR) is 108 cm³/mol. The molecule has 0 saturated heterocycles. The van der Waals surface area contributed by atoms with Crippen molar-refractivity contribution in [1.29, 1.82) is 0 Å². The summed E-state index contributed by atoms with van der Waals surface area (Å²) in [6, 6.07) is 0. The van der Waals surface area contributed by atoms with Gasteiger partial charge in [-0.2, -0.15) is 0 Å². The zero-order valence-corrected chi connectivity index (χ0v) is 22.3. The van der Waals surface area contributed by atoms with Gasteiger partial charge in [0.2, 0.25) is 0 Å². The second kappa shape index (κ2) is 15.4. The van der Waals surface area contributed by atoms with Gasteiger partial charge in [0.1, 0.15) is 0 Å². The molecule has 0 amide bonds. The van der Waals surface area contributed by atoms with E-state index < -0.39 is 38.1 Å². The van der Waals surface area contributed by atoms with Crippen molar-refractivity contribution in [3.8, 4) is 0 Å². The van der Waals surface area contributed by atoms with Crippen LogP contribution in [0.2, 0.25) is 17.7 Å². The fourth-order valence-electron chi connectivity index (χ4n) is 3.15. The van der Waals surface area contributed by atoms with Gasteiger partial charge < -0.3 is 0 Å². The predicted octanol–water partition coefficient (Wildman–Crippen LogP) is 5.76. The van der Waals surface area contributed by atoms with Crippen LogP contribution in [-0.4, -0.2) is 50.3 Å². The molecular formula is C18H36N2O3Sn2. The van der Waals surface area contributed by atoms with Crippen LogP contribution in [0.25, 0.3) is 0 Å². The van der Waals surface area contributed by atoms with Gasteiger partial charge in [0.05, 0.1) is 0 Å². The molecule has 0 aliphatic carbocycles. The summed E-state index contributed by atoms with van der Waals surface area (Å²) in [6.45, 7) is 8.71. The van der Waals surface area contributed by atoms with Gasteiger partial charge in [-0.1, -0.05) is 0 Å². The Kier molecular flexibility index (Phi) is 15.6. The van der Waals surface area contributed by atoms with Crippen molar-refractivity contribution in [1.82, 2.24) is 0 Å². The average Bonchev–Trinajstić information content (AvgIpc) is 2.61. The van der Waals surface area contributed by atoms with Crippen molar-refractivity contribution >= 4 is 50.3 Å². The SMILES string of the molecule is CCC[CH2][Sn]([CH2]CCC)([CH2]CCC)[O][Sn]([CH2]CCC)([N]=C=O)[N]=C=O. The van der Waals surface area contributed by atoms with E-state index in [1.807, 2.05) is 0 Å². The van der Waals surface area contributed by atoms with Crippen LogP contribution in [-0.2, 0) is 11.0 Å². The molecule has 0 aromatic rings. The van der Waals surface area contributed by atoms with E-state index in [1.54, 1.807) is 12.2 Å². The molecular weight excluding hydrogens is 530 g/mol. The number of carbonyl (C=O) groups excluding carboxylic acids is 2. The molecule has 0 N–H and O–H groups in total. The summed E-state index contributed by atoms with van der Waals surface area (Å²) < 4.78 is 19.2. The quantitative estimate of drug-likeness (QED) is 0.136. The summed E-state index contributed by atoms with van der Waals surface area (Å²) in [4.78, 5) is 22.2. The van der Waals surface area contributed by atoms with Gasteiger partial charge in [-0.05, 0) is 0 Å². The van der Waals surface area contributed by atoms with Gasteiger partial charge in [0.15, 0.2) is 0 Å². The zero-order chi connectivity index (χ0) is 19.0. The molecule has 0 spiro atoms. The first kappa shape index (κ1) is 25.3. The second-order valence-electron chi connectivity index (χ2n) is 6.85. The van der Waals surface area contributed by atoms with E-state index in [2.05, 4.69) is 34.1 Å². The molecule has 0 atom stereocenters. The number of isocyanates is 2. The van der Waals surface area contributed by atoms with Crippen LogP contribution >= 0.6 is 0 Å².